The van der Waals surface area contributed by atoms with Gasteiger partial charge < -0.3 is 15.2 Å². The molecule has 0 bridgehead atoms. The van der Waals surface area contributed by atoms with Crippen LogP contribution in [0.15, 0.2) is 25.6 Å². The van der Waals surface area contributed by atoms with Gasteiger partial charge in [-0.15, -0.1) is 0 Å². The van der Waals surface area contributed by atoms with E-state index in [1.165, 1.54) is 0 Å². The quantitative estimate of drug-likeness (QED) is 0.529. The van der Waals surface area contributed by atoms with Crippen LogP contribution in [0.5, 0.6) is 0 Å². The molecule has 3 nitrogen and oxygen atoms in total. The summed E-state index contributed by atoms with van der Waals surface area (Å²) in [5, 5.41) is 13.2. The molecule has 0 spiro atoms. The first-order valence-corrected chi connectivity index (χ1v) is 9.35. The van der Waals surface area contributed by atoms with Gasteiger partial charge in [-0.05, 0) is 63.3 Å². The summed E-state index contributed by atoms with van der Waals surface area (Å²) in [4.78, 5) is 0. The molecule has 0 saturated carbocycles. The molecule has 120 valence electrons. The van der Waals surface area contributed by atoms with Gasteiger partial charge in [0.2, 0.25) is 0 Å². The molecule has 0 aliphatic heterocycles. The van der Waals surface area contributed by atoms with Gasteiger partial charge in [0.1, 0.15) is 0 Å². The smallest absolute Gasteiger partial charge is 0.0945 e. The highest BCUT2D eigenvalue weighted by atomic mass is 79.9. The Morgan fingerprint density at radius 3 is 2.24 bits per heavy atom. The highest BCUT2D eigenvalue weighted by Gasteiger charge is 2.12. The average molecular weight is 488 g/mol. The first-order chi connectivity index (χ1) is 9.79. The van der Waals surface area contributed by atoms with Crippen molar-refractivity contribution in [2.24, 2.45) is 5.92 Å². The molecular weight excluding hydrogens is 466 g/mol. The van der Waals surface area contributed by atoms with E-state index in [0.29, 0.717) is 19.1 Å². The number of aliphatic hydroxyl groups excluding tert-OH is 1. The summed E-state index contributed by atoms with van der Waals surface area (Å²) >= 11 is 10.4. The zero-order valence-electron chi connectivity index (χ0n) is 12.5. The molecule has 6 heteroatoms. The highest BCUT2D eigenvalue weighted by molar-refractivity contribution is 9.11. The first-order valence-electron chi connectivity index (χ1n) is 6.97. The Kier molecular flexibility index (Phi) is 8.79. The Balaban J connectivity index is 2.41. The summed E-state index contributed by atoms with van der Waals surface area (Å²) in [6, 6.07) is 3.92. The molecule has 1 aromatic rings. The van der Waals surface area contributed by atoms with Crippen molar-refractivity contribution in [3.8, 4) is 0 Å². The number of halogens is 3. The molecule has 0 heterocycles. The van der Waals surface area contributed by atoms with E-state index >= 15 is 0 Å². The summed E-state index contributed by atoms with van der Waals surface area (Å²) < 4.78 is 8.52. The standard InChI is InChI=1S/C15H22Br3NO2/c1-9(2)4-10(3)21-8-12(20)7-19-15-13(17)5-11(16)6-14(15)18/h5-6,9-10,12,19-20H,4,7-8H2,1-3H3. The molecule has 0 saturated heterocycles. The van der Waals surface area contributed by atoms with Gasteiger partial charge in [0.25, 0.3) is 0 Å². The van der Waals surface area contributed by atoms with Crippen LogP contribution in [0.1, 0.15) is 27.2 Å². The van der Waals surface area contributed by atoms with Gasteiger partial charge in [-0.25, -0.2) is 0 Å². The van der Waals surface area contributed by atoms with Gasteiger partial charge in [-0.1, -0.05) is 29.8 Å². The first kappa shape index (κ1) is 19.4. The van der Waals surface area contributed by atoms with Crippen LogP contribution in [0.3, 0.4) is 0 Å². The number of anilines is 1. The van der Waals surface area contributed by atoms with Gasteiger partial charge in [-0.3, -0.25) is 0 Å². The maximum absolute atomic E-state index is 10.0. The van der Waals surface area contributed by atoms with Crippen molar-refractivity contribution in [3.63, 3.8) is 0 Å². The van der Waals surface area contributed by atoms with E-state index in [-0.39, 0.29) is 6.10 Å². The molecule has 0 aromatic heterocycles. The fourth-order valence-corrected chi connectivity index (χ4v) is 4.54. The molecule has 2 N–H and O–H groups in total. The molecular formula is C15H22Br3NO2. The highest BCUT2D eigenvalue weighted by Crippen LogP contribution is 2.34. The second-order valence-corrected chi connectivity index (χ2v) is 8.18. The lowest BCUT2D eigenvalue weighted by atomic mass is 10.1. The molecule has 0 fully saturated rings. The summed E-state index contributed by atoms with van der Waals surface area (Å²) in [5.41, 5.74) is 0.924. The maximum atomic E-state index is 10.0. The second-order valence-electron chi connectivity index (χ2n) is 5.55. The lowest BCUT2D eigenvalue weighted by Crippen LogP contribution is -2.27. The van der Waals surface area contributed by atoms with Crippen molar-refractivity contribution in [2.45, 2.75) is 39.4 Å². The molecule has 0 radical (unpaired) electrons. The van der Waals surface area contributed by atoms with Crippen molar-refractivity contribution in [3.05, 3.63) is 25.6 Å². The van der Waals surface area contributed by atoms with E-state index in [9.17, 15) is 5.11 Å². The average Bonchev–Trinajstić information content (AvgIpc) is 2.34. The van der Waals surface area contributed by atoms with Crippen LogP contribution in [0.25, 0.3) is 0 Å². The van der Waals surface area contributed by atoms with Crippen molar-refractivity contribution in [1.29, 1.82) is 0 Å². The van der Waals surface area contributed by atoms with Gasteiger partial charge in [0, 0.05) is 20.0 Å². The van der Waals surface area contributed by atoms with Gasteiger partial charge in [-0.2, -0.15) is 0 Å². The van der Waals surface area contributed by atoms with E-state index in [1.54, 1.807) is 0 Å². The number of nitrogens with one attached hydrogen (secondary N) is 1. The molecule has 0 aliphatic rings. The van der Waals surface area contributed by atoms with E-state index in [4.69, 9.17) is 4.74 Å². The Morgan fingerprint density at radius 1 is 1.14 bits per heavy atom. The largest absolute Gasteiger partial charge is 0.389 e. The zero-order valence-corrected chi connectivity index (χ0v) is 17.3. The van der Waals surface area contributed by atoms with Crippen LogP contribution in [0.2, 0.25) is 0 Å². The third-order valence-corrected chi connectivity index (χ3v) is 4.61. The van der Waals surface area contributed by atoms with Crippen molar-refractivity contribution >= 4 is 53.5 Å². The van der Waals surface area contributed by atoms with Gasteiger partial charge in [0.05, 0.1) is 24.5 Å². The van der Waals surface area contributed by atoms with Gasteiger partial charge in [0.15, 0.2) is 0 Å². The van der Waals surface area contributed by atoms with E-state index in [1.807, 2.05) is 19.1 Å². The Labute approximate surface area is 152 Å². The molecule has 0 aliphatic carbocycles. The third-order valence-electron chi connectivity index (χ3n) is 2.90. The minimum atomic E-state index is -0.540. The van der Waals surface area contributed by atoms with E-state index in [0.717, 1.165) is 25.5 Å². The maximum Gasteiger partial charge on any atom is 0.0945 e. The number of hydrogen-bond donors (Lipinski definition) is 2. The Morgan fingerprint density at radius 2 is 1.71 bits per heavy atom. The Hall–Kier alpha value is 0.380. The summed E-state index contributed by atoms with van der Waals surface area (Å²) in [5.74, 6) is 0.602. The van der Waals surface area contributed by atoms with Crippen molar-refractivity contribution in [1.82, 2.24) is 0 Å². The predicted molar refractivity (Wildman–Crippen MR) is 98.9 cm³/mol. The molecule has 2 atom stereocenters. The number of ether oxygens (including phenoxy) is 1. The summed E-state index contributed by atoms with van der Waals surface area (Å²) in [6.07, 6.45) is 0.636. The number of rotatable bonds is 8. The topological polar surface area (TPSA) is 41.5 Å². The SMILES string of the molecule is CC(C)CC(C)OCC(O)CNc1c(Br)cc(Br)cc1Br. The lowest BCUT2D eigenvalue weighted by molar-refractivity contribution is -0.00444. The van der Waals surface area contributed by atoms with E-state index < -0.39 is 6.10 Å². The Bertz CT molecular complexity index is 432. The normalized spacial score (nSPS) is 14.3. The molecule has 1 aromatic carbocycles. The molecule has 2 unspecified atom stereocenters. The monoisotopic (exact) mass is 485 g/mol. The number of benzene rings is 1. The van der Waals surface area contributed by atoms with Gasteiger partial charge >= 0.3 is 0 Å². The van der Waals surface area contributed by atoms with E-state index in [2.05, 4.69) is 67.0 Å². The lowest BCUT2D eigenvalue weighted by Gasteiger charge is -2.19. The van der Waals surface area contributed by atoms with Crippen LogP contribution in [0, 0.1) is 5.92 Å². The minimum Gasteiger partial charge on any atom is -0.389 e. The van der Waals surface area contributed by atoms with Crippen molar-refractivity contribution in [2.75, 3.05) is 18.5 Å². The summed E-state index contributed by atoms with van der Waals surface area (Å²) in [7, 11) is 0. The molecule has 0 amide bonds. The molecule has 1 rings (SSSR count). The van der Waals surface area contributed by atoms with Crippen LogP contribution in [-0.4, -0.2) is 30.5 Å². The fourth-order valence-electron chi connectivity index (χ4n) is 2.00. The number of hydrogen-bond acceptors (Lipinski definition) is 3. The van der Waals surface area contributed by atoms with Crippen LogP contribution >= 0.6 is 47.8 Å². The van der Waals surface area contributed by atoms with Crippen LogP contribution in [0.4, 0.5) is 5.69 Å². The minimum absolute atomic E-state index is 0.172. The second kappa shape index (κ2) is 9.50. The zero-order chi connectivity index (χ0) is 16.0. The predicted octanol–water partition coefficient (Wildman–Crippen LogP) is 5.20. The van der Waals surface area contributed by atoms with Crippen molar-refractivity contribution < 1.29 is 9.84 Å². The van der Waals surface area contributed by atoms with Crippen LogP contribution < -0.4 is 5.32 Å². The third kappa shape index (κ3) is 7.46. The molecule has 21 heavy (non-hydrogen) atoms. The van der Waals surface area contributed by atoms with Crippen LogP contribution in [-0.2, 0) is 4.74 Å². The number of aliphatic hydroxyl groups is 1. The fraction of sp³-hybridized carbons (Fsp3) is 0.600. The summed E-state index contributed by atoms with van der Waals surface area (Å²) in [6.45, 7) is 7.16.